The molecule has 2 saturated carbocycles. The van der Waals surface area contributed by atoms with E-state index in [1.54, 1.807) is 41.1 Å². The molecular weight excluding hydrogens is 519 g/mol. The summed E-state index contributed by atoms with van der Waals surface area (Å²) in [5, 5.41) is 7.88. The zero-order valence-corrected chi connectivity index (χ0v) is 23.0. The van der Waals surface area contributed by atoms with Crippen LogP contribution >= 0.6 is 0 Å². The average molecular weight is 555 g/mol. The van der Waals surface area contributed by atoms with Gasteiger partial charge in [-0.25, -0.2) is 4.57 Å². The predicted octanol–water partition coefficient (Wildman–Crippen LogP) is 5.05. The number of para-hydroxylation sites is 1. The summed E-state index contributed by atoms with van der Waals surface area (Å²) >= 11 is 0. The Bertz CT molecular complexity index is 1430. The summed E-state index contributed by atoms with van der Waals surface area (Å²) < 4.78 is 52.0. The van der Waals surface area contributed by atoms with E-state index in [1.807, 2.05) is 19.2 Å². The number of hydrogen-bond acceptors (Lipinski definition) is 4. The number of nitrogens with one attached hydrogen (secondary N) is 1. The lowest BCUT2D eigenvalue weighted by Crippen LogP contribution is -2.39. The van der Waals surface area contributed by atoms with Crippen LogP contribution < -0.4 is 14.9 Å². The van der Waals surface area contributed by atoms with Crippen molar-refractivity contribution in [3.63, 3.8) is 0 Å². The Balaban J connectivity index is 1.37. The second-order valence-corrected chi connectivity index (χ2v) is 11.5. The van der Waals surface area contributed by atoms with Gasteiger partial charge in [0, 0.05) is 30.8 Å². The molecule has 10 heteroatoms. The van der Waals surface area contributed by atoms with E-state index >= 15 is 0 Å². The fourth-order valence-corrected chi connectivity index (χ4v) is 6.25. The molecule has 1 N–H and O–H groups in total. The first kappa shape index (κ1) is 27.0. The molecule has 0 spiro atoms. The van der Waals surface area contributed by atoms with Crippen molar-refractivity contribution in [1.82, 2.24) is 15.0 Å². The van der Waals surface area contributed by atoms with Crippen molar-refractivity contribution in [1.29, 1.82) is 0 Å². The number of rotatable bonds is 8. The van der Waals surface area contributed by atoms with Crippen LogP contribution in [0.4, 0.5) is 18.9 Å². The Morgan fingerprint density at radius 2 is 2.00 bits per heavy atom. The van der Waals surface area contributed by atoms with Gasteiger partial charge in [-0.2, -0.15) is 13.2 Å². The number of anilines is 1. The van der Waals surface area contributed by atoms with Crippen LogP contribution in [0, 0.1) is 5.92 Å². The molecule has 1 atom stereocenters. The quantitative estimate of drug-likeness (QED) is 0.396. The summed E-state index contributed by atoms with van der Waals surface area (Å²) in [6.07, 6.45) is 4.21. The molecule has 2 fully saturated rings. The second-order valence-electron chi connectivity index (χ2n) is 11.5. The molecule has 0 unspecified atom stereocenters. The largest absolute Gasteiger partial charge is 0.416 e. The van der Waals surface area contributed by atoms with Gasteiger partial charge in [0.15, 0.2) is 5.69 Å². The molecule has 0 saturated heterocycles. The van der Waals surface area contributed by atoms with Crippen molar-refractivity contribution in [3.8, 4) is 5.69 Å². The third-order valence-electron chi connectivity index (χ3n) is 8.98. The van der Waals surface area contributed by atoms with Crippen LogP contribution in [0.2, 0.25) is 0 Å². The van der Waals surface area contributed by atoms with Gasteiger partial charge in [0.1, 0.15) is 0 Å². The van der Waals surface area contributed by atoms with Crippen molar-refractivity contribution in [3.05, 3.63) is 70.8 Å². The van der Waals surface area contributed by atoms with Gasteiger partial charge in [-0.3, -0.25) is 9.69 Å². The minimum Gasteiger partial charge on any atom is -0.381 e. The van der Waals surface area contributed by atoms with Crippen LogP contribution in [0.3, 0.4) is 0 Å². The normalized spacial score (nSPS) is 21.8. The fourth-order valence-electron chi connectivity index (χ4n) is 6.25. The van der Waals surface area contributed by atoms with Gasteiger partial charge in [-0.15, -0.1) is 0 Å². The molecule has 2 aliphatic carbocycles. The minimum atomic E-state index is -4.57. The lowest BCUT2D eigenvalue weighted by Gasteiger charge is -2.35. The van der Waals surface area contributed by atoms with Crippen molar-refractivity contribution in [2.75, 3.05) is 12.0 Å². The monoisotopic (exact) mass is 554 g/mol. The third-order valence-corrected chi connectivity index (χ3v) is 8.98. The lowest BCUT2D eigenvalue weighted by atomic mass is 9.76. The number of alkyl halides is 3. The van der Waals surface area contributed by atoms with E-state index in [2.05, 4.69) is 17.3 Å². The van der Waals surface area contributed by atoms with Crippen LogP contribution in [-0.2, 0) is 31.1 Å². The van der Waals surface area contributed by atoms with E-state index in [-0.39, 0.29) is 42.3 Å². The third kappa shape index (κ3) is 4.81. The number of carbonyl (C=O) groups is 1. The number of carbonyl (C=O) groups excluding carboxylic acids is 1. The van der Waals surface area contributed by atoms with E-state index in [9.17, 15) is 18.0 Å². The maximum atomic E-state index is 14.3. The van der Waals surface area contributed by atoms with Crippen molar-refractivity contribution in [2.24, 2.45) is 13.0 Å². The molecule has 2 heterocycles. The molecule has 6 rings (SSSR count). The number of halogens is 3. The summed E-state index contributed by atoms with van der Waals surface area (Å²) in [5.41, 5.74) is 2.15. The summed E-state index contributed by atoms with van der Waals surface area (Å²) in [5.74, 6) is 0.335. The molecule has 2 aromatic carbocycles. The Morgan fingerprint density at radius 3 is 2.62 bits per heavy atom. The number of nitrogens with zero attached hydrogens (tertiary/aromatic N) is 4. The topological polar surface area (TPSA) is 63.3 Å². The number of methoxy groups -OCH3 is 1. The molecule has 3 aliphatic rings. The Kier molecular flexibility index (Phi) is 6.94. The fraction of sp³-hybridized carbons (Fsp3) is 0.500. The number of amides is 1. The van der Waals surface area contributed by atoms with E-state index < -0.39 is 17.6 Å². The number of aryl methyl sites for hydroxylation is 1. The summed E-state index contributed by atoms with van der Waals surface area (Å²) in [4.78, 5) is 15.3. The van der Waals surface area contributed by atoms with E-state index in [1.165, 1.54) is 17.4 Å². The first-order valence-electron chi connectivity index (χ1n) is 14.0. The Hall–Kier alpha value is -3.24. The summed E-state index contributed by atoms with van der Waals surface area (Å²) in [6, 6.07) is 8.75. The summed E-state index contributed by atoms with van der Waals surface area (Å²) in [6.45, 7) is 2.22. The van der Waals surface area contributed by atoms with E-state index in [0.717, 1.165) is 31.2 Å². The maximum Gasteiger partial charge on any atom is 0.416 e. The van der Waals surface area contributed by atoms with E-state index in [0.29, 0.717) is 22.9 Å². The number of hydrogen-bond donors (Lipinski definition) is 1. The van der Waals surface area contributed by atoms with Crippen LogP contribution in [0.15, 0.2) is 43.0 Å². The maximum absolute atomic E-state index is 14.3. The van der Waals surface area contributed by atoms with Gasteiger partial charge in [0.05, 0.1) is 30.9 Å². The standard InChI is InChI=1S/C30H35F3N5O2/c1-18(20-6-4-7-20)34-14-19-10-24-25(26(11-19)30(31,32)33)15-37(29(24)39)27-9-5-8-23(21-12-22(13-21)40-3)28(27)38-17-36(2)16-35-38/h5,8-11,16-18,20-22,34H,4,6-7,12-15H2,1-3H3/q+1/t18-,21-,22+/m0/s1. The highest BCUT2D eigenvalue weighted by atomic mass is 19.4. The average Bonchev–Trinajstić information content (AvgIpc) is 3.43. The van der Waals surface area contributed by atoms with Crippen molar-refractivity contribution in [2.45, 2.75) is 76.4 Å². The first-order chi connectivity index (χ1) is 19.1. The number of fused-ring (bicyclic) bond motifs is 1. The Labute approximate surface area is 231 Å². The predicted molar refractivity (Wildman–Crippen MR) is 143 cm³/mol. The molecular formula is C30H35F3N5O2+. The van der Waals surface area contributed by atoms with Crippen LogP contribution in [0.5, 0.6) is 0 Å². The minimum absolute atomic E-state index is 0.0266. The zero-order valence-electron chi connectivity index (χ0n) is 23.0. The molecule has 1 aromatic heterocycles. The SMILES string of the molecule is CO[C@H]1C[C@@H](c2cccc(N3Cc4c(cc(CN[C@@H](C)C5CCC5)cc4C(F)(F)F)C3=O)c2-[n+]2cn(C)cn2)C1. The van der Waals surface area contributed by atoms with Crippen molar-refractivity contribution >= 4 is 11.6 Å². The van der Waals surface area contributed by atoms with E-state index in [4.69, 9.17) is 4.74 Å². The molecule has 1 aliphatic heterocycles. The Morgan fingerprint density at radius 1 is 1.23 bits per heavy atom. The lowest BCUT2D eigenvalue weighted by molar-refractivity contribution is -0.657. The van der Waals surface area contributed by atoms with Gasteiger partial charge in [-0.1, -0.05) is 23.2 Å². The zero-order chi connectivity index (χ0) is 28.2. The smallest absolute Gasteiger partial charge is 0.381 e. The van der Waals surface area contributed by atoms with Crippen LogP contribution in [0.25, 0.3) is 5.69 Å². The van der Waals surface area contributed by atoms with Gasteiger partial charge >= 0.3 is 6.18 Å². The van der Waals surface area contributed by atoms with Gasteiger partial charge in [0.2, 0.25) is 6.33 Å². The molecule has 0 bridgehead atoms. The highest BCUT2D eigenvalue weighted by molar-refractivity contribution is 6.11. The molecule has 0 radical (unpaired) electrons. The second kappa shape index (κ2) is 10.3. The first-order valence-corrected chi connectivity index (χ1v) is 14.0. The molecule has 212 valence electrons. The highest BCUT2D eigenvalue weighted by Crippen LogP contribution is 2.44. The molecule has 1 amide bonds. The number of benzene rings is 2. The van der Waals surface area contributed by atoms with Crippen LogP contribution in [-0.4, -0.2) is 34.8 Å². The molecule has 3 aromatic rings. The number of ether oxygens (including phenoxy) is 1. The highest BCUT2D eigenvalue weighted by Gasteiger charge is 2.42. The molecule has 40 heavy (non-hydrogen) atoms. The summed E-state index contributed by atoms with van der Waals surface area (Å²) in [7, 11) is 3.55. The van der Waals surface area contributed by atoms with Gasteiger partial charge in [0.25, 0.3) is 12.2 Å². The number of aromatic nitrogens is 3. The van der Waals surface area contributed by atoms with Gasteiger partial charge in [-0.05, 0) is 78.9 Å². The molecule has 7 nitrogen and oxygen atoms in total. The van der Waals surface area contributed by atoms with Crippen molar-refractivity contribution < 1.29 is 27.4 Å². The van der Waals surface area contributed by atoms with Gasteiger partial charge < -0.3 is 10.1 Å². The van der Waals surface area contributed by atoms with Crippen LogP contribution in [0.1, 0.15) is 77.6 Å².